The van der Waals surface area contributed by atoms with Crippen molar-refractivity contribution in [2.45, 2.75) is 13.1 Å². The number of alkyl halides is 3. The highest BCUT2D eigenvalue weighted by Gasteiger charge is 2.30. The van der Waals surface area contributed by atoms with Crippen LogP contribution in [0.3, 0.4) is 0 Å². The maximum absolute atomic E-state index is 12.3. The number of halogens is 3. The minimum atomic E-state index is -4.35. The molecule has 0 radical (unpaired) electrons. The van der Waals surface area contributed by atoms with Crippen molar-refractivity contribution in [2.75, 3.05) is 0 Å². The van der Waals surface area contributed by atoms with E-state index in [9.17, 15) is 13.2 Å². The molecule has 0 bridgehead atoms. The third-order valence-electron chi connectivity index (χ3n) is 2.15. The molecule has 0 aliphatic carbocycles. The Kier molecular flexibility index (Phi) is 3.18. The summed E-state index contributed by atoms with van der Waals surface area (Å²) in [6.07, 6.45) is -1.22. The Labute approximate surface area is 101 Å². The number of rotatable bonds is 2. The Morgan fingerprint density at radius 1 is 1.00 bits per heavy atom. The second-order valence-corrected chi connectivity index (χ2v) is 3.67. The van der Waals surface area contributed by atoms with Crippen molar-refractivity contribution in [3.05, 3.63) is 47.8 Å². The summed E-state index contributed by atoms with van der Waals surface area (Å²) in [6.45, 7) is 1.82. The Hall–Kier alpha value is -2.11. The molecule has 0 aliphatic rings. The van der Waals surface area contributed by atoms with Gasteiger partial charge in [-0.1, -0.05) is 0 Å². The molecule has 0 atom stereocenters. The van der Waals surface area contributed by atoms with E-state index in [4.69, 9.17) is 4.74 Å². The van der Waals surface area contributed by atoms with E-state index >= 15 is 0 Å². The summed E-state index contributed by atoms with van der Waals surface area (Å²) in [5, 5.41) is 0. The maximum atomic E-state index is 12.3. The van der Waals surface area contributed by atoms with Gasteiger partial charge in [-0.3, -0.25) is 0 Å². The van der Waals surface area contributed by atoms with E-state index in [1.165, 1.54) is 12.1 Å². The zero-order valence-corrected chi connectivity index (χ0v) is 9.40. The van der Waals surface area contributed by atoms with E-state index in [2.05, 4.69) is 9.97 Å². The molecule has 2 aromatic rings. The van der Waals surface area contributed by atoms with Crippen LogP contribution in [0, 0.1) is 6.92 Å². The lowest BCUT2D eigenvalue weighted by Gasteiger charge is -2.07. The van der Waals surface area contributed by atoms with E-state index < -0.39 is 11.7 Å². The first kappa shape index (κ1) is 12.3. The minimum absolute atomic E-state index is 0.0976. The zero-order chi connectivity index (χ0) is 13.2. The van der Waals surface area contributed by atoms with E-state index in [-0.39, 0.29) is 11.8 Å². The zero-order valence-electron chi connectivity index (χ0n) is 9.40. The fourth-order valence-electron chi connectivity index (χ4n) is 1.25. The van der Waals surface area contributed by atoms with Crippen molar-refractivity contribution >= 4 is 0 Å². The second-order valence-electron chi connectivity index (χ2n) is 3.67. The summed E-state index contributed by atoms with van der Waals surface area (Å²) >= 11 is 0. The molecule has 0 N–H and O–H groups in total. The third kappa shape index (κ3) is 2.97. The molecule has 0 spiro atoms. The van der Waals surface area contributed by atoms with Gasteiger partial charge < -0.3 is 4.74 Å². The molecule has 18 heavy (non-hydrogen) atoms. The number of aromatic nitrogens is 2. The first-order chi connectivity index (χ1) is 8.45. The van der Waals surface area contributed by atoms with Crippen LogP contribution in [0.1, 0.15) is 11.1 Å². The highest BCUT2D eigenvalue weighted by Crippen LogP contribution is 2.30. The van der Waals surface area contributed by atoms with Gasteiger partial charge in [-0.05, 0) is 36.8 Å². The normalized spacial score (nSPS) is 11.3. The van der Waals surface area contributed by atoms with E-state index in [1.54, 1.807) is 12.4 Å². The van der Waals surface area contributed by atoms with Crippen LogP contribution in [0.25, 0.3) is 0 Å². The van der Waals surface area contributed by atoms with Crippen LogP contribution in [0.2, 0.25) is 0 Å². The second kappa shape index (κ2) is 4.64. The number of hydrogen-bond acceptors (Lipinski definition) is 3. The quantitative estimate of drug-likeness (QED) is 0.821. The van der Waals surface area contributed by atoms with Crippen LogP contribution in [0.15, 0.2) is 36.7 Å². The van der Waals surface area contributed by atoms with Crippen molar-refractivity contribution in [1.82, 2.24) is 9.97 Å². The van der Waals surface area contributed by atoms with Crippen molar-refractivity contribution in [3.63, 3.8) is 0 Å². The molecule has 3 nitrogen and oxygen atoms in total. The van der Waals surface area contributed by atoms with Gasteiger partial charge in [0, 0.05) is 12.4 Å². The van der Waals surface area contributed by atoms with Crippen molar-refractivity contribution < 1.29 is 17.9 Å². The Morgan fingerprint density at radius 2 is 1.56 bits per heavy atom. The number of hydrogen-bond donors (Lipinski definition) is 0. The smallest absolute Gasteiger partial charge is 0.416 e. The lowest BCUT2D eigenvalue weighted by molar-refractivity contribution is -0.137. The van der Waals surface area contributed by atoms with E-state index in [1.807, 2.05) is 6.92 Å². The van der Waals surface area contributed by atoms with Gasteiger partial charge in [0.05, 0.1) is 5.56 Å². The van der Waals surface area contributed by atoms with Gasteiger partial charge in [-0.2, -0.15) is 13.2 Å². The van der Waals surface area contributed by atoms with Gasteiger partial charge in [-0.15, -0.1) is 0 Å². The third-order valence-corrected chi connectivity index (χ3v) is 2.15. The van der Waals surface area contributed by atoms with Crippen molar-refractivity contribution in [3.8, 4) is 11.8 Å². The predicted octanol–water partition coefficient (Wildman–Crippen LogP) is 3.60. The standard InChI is InChI=1S/C12H9F3N2O/c1-8-6-16-11(17-7-8)18-10-4-2-9(3-5-10)12(13,14)15/h2-7H,1H3. The number of nitrogens with zero attached hydrogens (tertiary/aromatic N) is 2. The first-order valence-corrected chi connectivity index (χ1v) is 5.09. The van der Waals surface area contributed by atoms with Gasteiger partial charge in [0.2, 0.25) is 0 Å². The van der Waals surface area contributed by atoms with Crippen LogP contribution in [-0.2, 0) is 6.18 Å². The van der Waals surface area contributed by atoms with Crippen LogP contribution in [0.4, 0.5) is 13.2 Å². The van der Waals surface area contributed by atoms with Gasteiger partial charge in [0.1, 0.15) is 5.75 Å². The molecule has 0 unspecified atom stereocenters. The SMILES string of the molecule is Cc1cnc(Oc2ccc(C(F)(F)F)cc2)nc1. The molecule has 6 heteroatoms. The Morgan fingerprint density at radius 3 is 2.06 bits per heavy atom. The topological polar surface area (TPSA) is 35.0 Å². The molecule has 0 saturated heterocycles. The molecule has 94 valence electrons. The molecule has 1 aromatic heterocycles. The van der Waals surface area contributed by atoms with Crippen LogP contribution in [0.5, 0.6) is 11.8 Å². The van der Waals surface area contributed by atoms with E-state index in [0.29, 0.717) is 0 Å². The molecule has 0 amide bonds. The fraction of sp³-hybridized carbons (Fsp3) is 0.167. The largest absolute Gasteiger partial charge is 0.424 e. The maximum Gasteiger partial charge on any atom is 0.416 e. The molecule has 0 saturated carbocycles. The summed E-state index contributed by atoms with van der Waals surface area (Å²) in [7, 11) is 0. The van der Waals surface area contributed by atoms with Gasteiger partial charge >= 0.3 is 12.2 Å². The monoisotopic (exact) mass is 254 g/mol. The summed E-state index contributed by atoms with van der Waals surface area (Å²) in [5.41, 5.74) is 0.148. The summed E-state index contributed by atoms with van der Waals surface area (Å²) in [5.74, 6) is 0.256. The average Bonchev–Trinajstić information content (AvgIpc) is 2.32. The number of ether oxygens (including phenoxy) is 1. The summed E-state index contributed by atoms with van der Waals surface area (Å²) in [4.78, 5) is 7.78. The van der Waals surface area contributed by atoms with Gasteiger partial charge in [-0.25, -0.2) is 9.97 Å². The lowest BCUT2D eigenvalue weighted by Crippen LogP contribution is -2.04. The highest BCUT2D eigenvalue weighted by atomic mass is 19.4. The van der Waals surface area contributed by atoms with Crippen LogP contribution < -0.4 is 4.74 Å². The van der Waals surface area contributed by atoms with Crippen molar-refractivity contribution in [1.29, 1.82) is 0 Å². The molecule has 0 aliphatic heterocycles. The molecule has 2 rings (SSSR count). The highest BCUT2D eigenvalue weighted by molar-refractivity contribution is 5.30. The fourth-order valence-corrected chi connectivity index (χ4v) is 1.25. The molecular formula is C12H9F3N2O. The van der Waals surface area contributed by atoms with Gasteiger partial charge in [0.15, 0.2) is 0 Å². The molecular weight excluding hydrogens is 245 g/mol. The molecule has 0 fully saturated rings. The predicted molar refractivity (Wildman–Crippen MR) is 58.3 cm³/mol. The lowest BCUT2D eigenvalue weighted by atomic mass is 10.2. The Balaban J connectivity index is 2.13. The van der Waals surface area contributed by atoms with Crippen LogP contribution in [-0.4, -0.2) is 9.97 Å². The number of benzene rings is 1. The van der Waals surface area contributed by atoms with E-state index in [0.717, 1.165) is 17.7 Å². The Bertz CT molecular complexity index is 521. The van der Waals surface area contributed by atoms with Crippen molar-refractivity contribution in [2.24, 2.45) is 0 Å². The number of aryl methyl sites for hydroxylation is 1. The van der Waals surface area contributed by atoms with Gasteiger partial charge in [0.25, 0.3) is 0 Å². The molecule has 1 aromatic carbocycles. The summed E-state index contributed by atoms with van der Waals surface area (Å²) in [6, 6.07) is 4.45. The first-order valence-electron chi connectivity index (χ1n) is 5.09. The minimum Gasteiger partial charge on any atom is -0.424 e. The molecule has 1 heterocycles. The average molecular weight is 254 g/mol. The summed E-state index contributed by atoms with van der Waals surface area (Å²) < 4.78 is 42.2. The van der Waals surface area contributed by atoms with Crippen LogP contribution >= 0.6 is 0 Å².